The summed E-state index contributed by atoms with van der Waals surface area (Å²) in [5.41, 5.74) is 4.52. The molecule has 3 aromatic carbocycles. The van der Waals surface area contributed by atoms with Gasteiger partial charge in [0.2, 0.25) is 5.82 Å². The molecule has 0 aliphatic carbocycles. The number of nitrogens with one attached hydrogen (secondary N) is 1. The van der Waals surface area contributed by atoms with Gasteiger partial charge in [-0.15, -0.1) is 0 Å². The van der Waals surface area contributed by atoms with Gasteiger partial charge in [0.15, 0.2) is 23.3 Å². The fourth-order valence-electron chi connectivity index (χ4n) is 3.92. The summed E-state index contributed by atoms with van der Waals surface area (Å²) in [6, 6.07) is 7.33. The summed E-state index contributed by atoms with van der Waals surface area (Å²) < 4.78 is 71.2. The van der Waals surface area contributed by atoms with Crippen molar-refractivity contribution in [1.29, 1.82) is 0 Å². The maximum atomic E-state index is 14.7. The van der Waals surface area contributed by atoms with Crippen molar-refractivity contribution in [2.24, 2.45) is 4.99 Å². The Morgan fingerprint density at radius 2 is 0.969 bits per heavy atom. The van der Waals surface area contributed by atoms with E-state index in [1.54, 1.807) is 27.7 Å². The lowest BCUT2D eigenvalue weighted by molar-refractivity contribution is 0.377. The van der Waals surface area contributed by atoms with Gasteiger partial charge < -0.3 is 5.32 Å². The minimum Gasteiger partial charge on any atom is -0.339 e. The number of hydrogen-bond donors (Lipinski definition) is 1. The minimum absolute atomic E-state index is 0.379. The van der Waals surface area contributed by atoms with E-state index >= 15 is 0 Å². The first kappa shape index (κ1) is 23.4. The summed E-state index contributed by atoms with van der Waals surface area (Å²) in [4.78, 5) is 4.37. The molecule has 0 saturated heterocycles. The Morgan fingerprint density at radius 1 is 0.594 bits per heavy atom. The molecule has 0 aliphatic heterocycles. The maximum Gasteiger partial charge on any atom is 0.200 e. The highest BCUT2D eigenvalue weighted by Crippen LogP contribution is 2.31. The standard InChI is InChI=1S/C25H23F5N2/c1-11-7-13(3)23(14(4)8-11)31-25(32-24-15(5)9-12(2)10-16(24)6)17-18(26)20(28)22(30)21(29)19(17)27/h7-10H,1-6H3,(H,31,32). The SMILES string of the molecule is Cc1cc(C)c(N=C(Nc2c(C)cc(C)cc2C)c2c(F)c(F)c(F)c(F)c2F)c(C)c1. The van der Waals surface area contributed by atoms with E-state index in [0.717, 1.165) is 22.3 Å². The quantitative estimate of drug-likeness (QED) is 0.146. The van der Waals surface area contributed by atoms with Crippen molar-refractivity contribution in [2.45, 2.75) is 41.5 Å². The molecule has 0 spiro atoms. The van der Waals surface area contributed by atoms with E-state index in [0.29, 0.717) is 22.5 Å². The van der Waals surface area contributed by atoms with Crippen LogP contribution in [0.25, 0.3) is 0 Å². The molecule has 0 heterocycles. The van der Waals surface area contributed by atoms with Crippen molar-refractivity contribution < 1.29 is 22.0 Å². The van der Waals surface area contributed by atoms with Gasteiger partial charge in [-0.1, -0.05) is 35.4 Å². The van der Waals surface area contributed by atoms with Crippen molar-refractivity contribution in [2.75, 3.05) is 5.32 Å². The number of nitrogens with zero attached hydrogens (tertiary/aromatic N) is 1. The fourth-order valence-corrected chi connectivity index (χ4v) is 3.92. The lowest BCUT2D eigenvalue weighted by atomic mass is 10.0. The predicted molar refractivity (Wildman–Crippen MR) is 117 cm³/mol. The molecular formula is C25H23F5N2. The summed E-state index contributed by atoms with van der Waals surface area (Å²) in [7, 11) is 0. The molecule has 3 rings (SSSR count). The van der Waals surface area contributed by atoms with Crippen LogP contribution in [0.4, 0.5) is 33.3 Å². The van der Waals surface area contributed by atoms with Crippen LogP contribution in [0.5, 0.6) is 0 Å². The Balaban J connectivity index is 2.35. The van der Waals surface area contributed by atoms with Gasteiger partial charge >= 0.3 is 0 Å². The van der Waals surface area contributed by atoms with E-state index < -0.39 is 40.5 Å². The van der Waals surface area contributed by atoms with E-state index in [4.69, 9.17) is 0 Å². The zero-order valence-electron chi connectivity index (χ0n) is 18.6. The first-order valence-electron chi connectivity index (χ1n) is 9.95. The molecule has 0 fully saturated rings. The topological polar surface area (TPSA) is 24.4 Å². The fraction of sp³-hybridized carbons (Fsp3) is 0.240. The molecule has 1 N–H and O–H groups in total. The van der Waals surface area contributed by atoms with Crippen molar-refractivity contribution >= 4 is 17.2 Å². The maximum absolute atomic E-state index is 14.7. The summed E-state index contributed by atoms with van der Waals surface area (Å²) in [6.07, 6.45) is 0. The molecule has 0 amide bonds. The van der Waals surface area contributed by atoms with Crippen molar-refractivity contribution in [3.63, 3.8) is 0 Å². The molecule has 0 atom stereocenters. The van der Waals surface area contributed by atoms with Gasteiger partial charge in [-0.2, -0.15) is 0 Å². The van der Waals surface area contributed by atoms with E-state index in [1.807, 2.05) is 38.1 Å². The molecule has 0 aromatic heterocycles. The third-order valence-corrected chi connectivity index (χ3v) is 5.23. The van der Waals surface area contributed by atoms with Crippen molar-refractivity contribution in [3.8, 4) is 0 Å². The summed E-state index contributed by atoms with van der Waals surface area (Å²) >= 11 is 0. The average Bonchev–Trinajstić information content (AvgIpc) is 2.69. The number of aliphatic imine (C=N–C) groups is 1. The number of aryl methyl sites for hydroxylation is 6. The van der Waals surface area contributed by atoms with E-state index in [-0.39, 0.29) is 0 Å². The first-order valence-corrected chi connectivity index (χ1v) is 9.95. The molecule has 168 valence electrons. The Bertz CT molecular complexity index is 1190. The molecule has 32 heavy (non-hydrogen) atoms. The third-order valence-electron chi connectivity index (χ3n) is 5.23. The van der Waals surface area contributed by atoms with E-state index in [2.05, 4.69) is 10.3 Å². The smallest absolute Gasteiger partial charge is 0.200 e. The molecule has 0 radical (unpaired) electrons. The monoisotopic (exact) mass is 446 g/mol. The first-order chi connectivity index (χ1) is 14.9. The van der Waals surface area contributed by atoms with Crippen LogP contribution in [0.1, 0.15) is 38.9 Å². The summed E-state index contributed by atoms with van der Waals surface area (Å²) in [5.74, 6) is -10.6. The molecule has 2 nitrogen and oxygen atoms in total. The Morgan fingerprint density at radius 3 is 1.41 bits per heavy atom. The number of benzene rings is 3. The highest BCUT2D eigenvalue weighted by atomic mass is 19.2. The number of hydrogen-bond acceptors (Lipinski definition) is 1. The highest BCUT2D eigenvalue weighted by molar-refractivity contribution is 6.10. The van der Waals surface area contributed by atoms with Crippen LogP contribution in [-0.4, -0.2) is 5.84 Å². The number of anilines is 1. The third kappa shape index (κ3) is 4.24. The molecule has 0 saturated carbocycles. The lowest BCUT2D eigenvalue weighted by Crippen LogP contribution is -2.21. The number of halogens is 5. The molecule has 0 aliphatic rings. The van der Waals surface area contributed by atoms with Gasteiger partial charge in [0.05, 0.1) is 11.3 Å². The normalized spacial score (nSPS) is 11.8. The zero-order chi connectivity index (χ0) is 23.9. The Kier molecular flexibility index (Phi) is 6.39. The average molecular weight is 446 g/mol. The minimum atomic E-state index is -2.21. The van der Waals surface area contributed by atoms with Gasteiger partial charge in [-0.25, -0.2) is 26.9 Å². The lowest BCUT2D eigenvalue weighted by Gasteiger charge is -2.18. The van der Waals surface area contributed by atoms with E-state index in [1.165, 1.54) is 0 Å². The summed E-state index contributed by atoms with van der Waals surface area (Å²) in [5, 5.41) is 2.85. The van der Waals surface area contributed by atoms with Crippen LogP contribution in [0, 0.1) is 70.6 Å². The number of amidine groups is 1. The van der Waals surface area contributed by atoms with Gasteiger partial charge in [0.25, 0.3) is 0 Å². The van der Waals surface area contributed by atoms with Crippen molar-refractivity contribution in [3.05, 3.63) is 92.3 Å². The molecule has 0 unspecified atom stereocenters. The van der Waals surface area contributed by atoms with Crippen LogP contribution in [-0.2, 0) is 0 Å². The Labute approximate surface area is 183 Å². The number of rotatable bonds is 3. The van der Waals surface area contributed by atoms with Crippen LogP contribution in [0.3, 0.4) is 0 Å². The second kappa shape index (κ2) is 8.73. The predicted octanol–water partition coefficient (Wildman–Crippen LogP) is 7.42. The van der Waals surface area contributed by atoms with Gasteiger partial charge in [0, 0.05) is 5.69 Å². The largest absolute Gasteiger partial charge is 0.339 e. The van der Waals surface area contributed by atoms with Crippen LogP contribution >= 0.6 is 0 Å². The van der Waals surface area contributed by atoms with Crippen LogP contribution < -0.4 is 5.32 Å². The van der Waals surface area contributed by atoms with E-state index in [9.17, 15) is 22.0 Å². The molecule has 3 aromatic rings. The second-order valence-corrected chi connectivity index (χ2v) is 8.05. The highest BCUT2D eigenvalue weighted by Gasteiger charge is 2.29. The summed E-state index contributed by atoms with van der Waals surface area (Å²) in [6.45, 7) is 10.9. The van der Waals surface area contributed by atoms with Gasteiger partial charge in [-0.3, -0.25) is 0 Å². The Hall–Kier alpha value is -3.22. The van der Waals surface area contributed by atoms with Crippen LogP contribution in [0.2, 0.25) is 0 Å². The molecule has 0 bridgehead atoms. The molecule has 7 heteroatoms. The van der Waals surface area contributed by atoms with Crippen molar-refractivity contribution in [1.82, 2.24) is 0 Å². The molecular weight excluding hydrogens is 423 g/mol. The van der Waals surface area contributed by atoms with Gasteiger partial charge in [0.1, 0.15) is 5.84 Å². The zero-order valence-corrected chi connectivity index (χ0v) is 18.6. The van der Waals surface area contributed by atoms with Gasteiger partial charge in [-0.05, 0) is 63.8 Å². The second-order valence-electron chi connectivity index (χ2n) is 8.05. The van der Waals surface area contributed by atoms with Crippen LogP contribution in [0.15, 0.2) is 29.3 Å².